The van der Waals surface area contributed by atoms with Crippen molar-refractivity contribution in [3.63, 3.8) is 0 Å². The normalized spacial score (nSPS) is 18.7. The van der Waals surface area contributed by atoms with Gasteiger partial charge in [0.25, 0.3) is 11.8 Å². The van der Waals surface area contributed by atoms with Crippen LogP contribution in [0.1, 0.15) is 11.1 Å². The summed E-state index contributed by atoms with van der Waals surface area (Å²) in [6.45, 7) is 7.32. The average Bonchev–Trinajstić information content (AvgIpc) is 2.75. The summed E-state index contributed by atoms with van der Waals surface area (Å²) in [5.41, 5.74) is 3.09. The van der Waals surface area contributed by atoms with Gasteiger partial charge in [0.1, 0.15) is 6.61 Å². The van der Waals surface area contributed by atoms with Crippen LogP contribution in [-0.4, -0.2) is 62.1 Å². The third-order valence-corrected chi connectivity index (χ3v) is 5.63. The molecule has 2 heterocycles. The van der Waals surface area contributed by atoms with Crippen LogP contribution in [0.5, 0.6) is 11.5 Å². The highest BCUT2D eigenvalue weighted by molar-refractivity contribution is 5.92. The maximum Gasteiger partial charge on any atom is 0.279 e. The predicted octanol–water partition coefficient (Wildman–Crippen LogP) is 0.809. The Labute approximate surface area is 176 Å². The Morgan fingerprint density at radius 3 is 2.57 bits per heavy atom. The van der Waals surface area contributed by atoms with Gasteiger partial charge in [-0.15, -0.1) is 0 Å². The fraction of sp³-hybridized carbons (Fsp3) is 0.391. The van der Waals surface area contributed by atoms with E-state index in [2.05, 4.69) is 11.4 Å². The van der Waals surface area contributed by atoms with Gasteiger partial charge in [0, 0.05) is 5.69 Å². The number of nitrogens with one attached hydrogen (secondary N) is 2. The Hall–Kier alpha value is -3.06. The largest absolute Gasteiger partial charge is 0.485 e. The van der Waals surface area contributed by atoms with E-state index in [1.165, 1.54) is 10.5 Å². The highest BCUT2D eigenvalue weighted by atomic mass is 16.6. The Kier molecular flexibility index (Phi) is 5.90. The van der Waals surface area contributed by atoms with E-state index in [1.807, 2.05) is 55.1 Å². The zero-order chi connectivity index (χ0) is 21.1. The Balaban J connectivity index is 1.25. The van der Waals surface area contributed by atoms with Crippen LogP contribution in [0, 0.1) is 13.8 Å². The fourth-order valence-electron chi connectivity index (χ4n) is 3.94. The molecule has 4 rings (SSSR count). The molecule has 158 valence electrons. The van der Waals surface area contributed by atoms with Crippen molar-refractivity contribution < 1.29 is 24.0 Å². The minimum Gasteiger partial charge on any atom is -0.485 e. The summed E-state index contributed by atoms with van der Waals surface area (Å²) in [4.78, 5) is 28.3. The number of ether oxygens (including phenoxy) is 2. The molecule has 30 heavy (non-hydrogen) atoms. The number of fused-ring (bicyclic) bond motifs is 1. The molecule has 2 N–H and O–H groups in total. The van der Waals surface area contributed by atoms with Gasteiger partial charge in [-0.05, 0) is 37.6 Å². The first-order chi connectivity index (χ1) is 14.5. The summed E-state index contributed by atoms with van der Waals surface area (Å²) in [6.07, 6.45) is -0.616. The molecule has 0 unspecified atom stereocenters. The number of amides is 2. The minimum atomic E-state index is -0.616. The SMILES string of the molecule is Cc1ccc(NC(=O)C[NH+]2CCN(C(=O)[C@@H]3COc4ccccc4O3)CC2)c(C)c1. The molecule has 7 nitrogen and oxygen atoms in total. The van der Waals surface area contributed by atoms with Crippen molar-refractivity contribution >= 4 is 17.5 Å². The Bertz CT molecular complexity index is 938. The second-order valence-corrected chi connectivity index (χ2v) is 7.98. The molecule has 0 saturated carbocycles. The molecule has 2 aliphatic heterocycles. The van der Waals surface area contributed by atoms with Gasteiger partial charge in [-0.1, -0.05) is 29.8 Å². The van der Waals surface area contributed by atoms with E-state index in [1.54, 1.807) is 0 Å². The molecule has 0 aliphatic carbocycles. The van der Waals surface area contributed by atoms with Crippen LogP contribution in [0.15, 0.2) is 42.5 Å². The lowest BCUT2D eigenvalue weighted by atomic mass is 10.1. The second kappa shape index (κ2) is 8.75. The Morgan fingerprint density at radius 1 is 1.10 bits per heavy atom. The molecular formula is C23H28N3O4+. The predicted molar refractivity (Wildman–Crippen MR) is 113 cm³/mol. The molecule has 2 amide bonds. The maximum atomic E-state index is 12.8. The van der Waals surface area contributed by atoms with E-state index in [0.29, 0.717) is 31.1 Å². The number of quaternary nitrogens is 1. The van der Waals surface area contributed by atoms with Crippen molar-refractivity contribution in [3.05, 3.63) is 53.6 Å². The molecule has 1 atom stereocenters. The van der Waals surface area contributed by atoms with E-state index in [0.717, 1.165) is 24.3 Å². The highest BCUT2D eigenvalue weighted by Gasteiger charge is 2.34. The molecule has 0 aromatic heterocycles. The monoisotopic (exact) mass is 410 g/mol. The van der Waals surface area contributed by atoms with Gasteiger partial charge < -0.3 is 24.6 Å². The molecule has 2 aliphatic rings. The molecule has 1 saturated heterocycles. The first-order valence-electron chi connectivity index (χ1n) is 10.4. The number of carbonyl (C=O) groups is 2. The molecule has 0 radical (unpaired) electrons. The van der Waals surface area contributed by atoms with E-state index in [-0.39, 0.29) is 18.4 Å². The highest BCUT2D eigenvalue weighted by Crippen LogP contribution is 2.31. The van der Waals surface area contributed by atoms with Crippen molar-refractivity contribution in [2.45, 2.75) is 20.0 Å². The van der Waals surface area contributed by atoms with E-state index in [4.69, 9.17) is 9.47 Å². The summed E-state index contributed by atoms with van der Waals surface area (Å²) in [5.74, 6) is 1.22. The standard InChI is InChI=1S/C23H27N3O4/c1-16-7-8-18(17(2)13-16)24-22(27)14-25-9-11-26(12-10-25)23(28)21-15-29-19-5-3-4-6-20(19)30-21/h3-8,13,21H,9-12,14-15H2,1-2H3,(H,24,27)/p+1/t21-/m0/s1. The van der Waals surface area contributed by atoms with Crippen LogP contribution >= 0.6 is 0 Å². The summed E-state index contributed by atoms with van der Waals surface area (Å²) in [7, 11) is 0. The van der Waals surface area contributed by atoms with Gasteiger partial charge >= 0.3 is 0 Å². The van der Waals surface area contributed by atoms with E-state index in [9.17, 15) is 9.59 Å². The van der Waals surface area contributed by atoms with E-state index >= 15 is 0 Å². The number of benzene rings is 2. The number of aryl methyl sites for hydroxylation is 2. The van der Waals surface area contributed by atoms with Crippen LogP contribution < -0.4 is 19.7 Å². The van der Waals surface area contributed by atoms with Crippen LogP contribution in [0.4, 0.5) is 5.69 Å². The quantitative estimate of drug-likeness (QED) is 0.783. The van der Waals surface area contributed by atoms with Gasteiger partial charge in [-0.2, -0.15) is 0 Å². The molecule has 2 aromatic carbocycles. The first kappa shape index (κ1) is 20.2. The number of para-hydroxylation sites is 2. The van der Waals surface area contributed by atoms with Gasteiger partial charge in [-0.25, -0.2) is 0 Å². The van der Waals surface area contributed by atoms with Crippen molar-refractivity contribution in [2.24, 2.45) is 0 Å². The number of hydrogen-bond donors (Lipinski definition) is 2. The van der Waals surface area contributed by atoms with Crippen molar-refractivity contribution in [3.8, 4) is 11.5 Å². The lowest BCUT2D eigenvalue weighted by Gasteiger charge is -2.35. The number of carbonyl (C=O) groups excluding carboxylic acids is 2. The lowest BCUT2D eigenvalue weighted by molar-refractivity contribution is -0.895. The smallest absolute Gasteiger partial charge is 0.279 e. The maximum absolute atomic E-state index is 12.8. The van der Waals surface area contributed by atoms with Crippen LogP contribution in [0.2, 0.25) is 0 Å². The van der Waals surface area contributed by atoms with Gasteiger partial charge in [0.05, 0.1) is 26.2 Å². The minimum absolute atomic E-state index is 0.00245. The third-order valence-electron chi connectivity index (χ3n) is 5.63. The topological polar surface area (TPSA) is 72.3 Å². The fourth-order valence-corrected chi connectivity index (χ4v) is 3.94. The number of rotatable bonds is 4. The summed E-state index contributed by atoms with van der Waals surface area (Å²) in [5, 5.41) is 3.00. The third kappa shape index (κ3) is 4.57. The number of nitrogens with zero attached hydrogens (tertiary/aromatic N) is 1. The molecule has 7 heteroatoms. The van der Waals surface area contributed by atoms with Crippen molar-refractivity contribution in [1.29, 1.82) is 0 Å². The van der Waals surface area contributed by atoms with Crippen LogP contribution in [0.3, 0.4) is 0 Å². The van der Waals surface area contributed by atoms with Gasteiger partial charge in [0.15, 0.2) is 18.0 Å². The van der Waals surface area contributed by atoms with Crippen LogP contribution in [0.25, 0.3) is 0 Å². The summed E-state index contributed by atoms with van der Waals surface area (Å²) >= 11 is 0. The summed E-state index contributed by atoms with van der Waals surface area (Å²) in [6, 6.07) is 13.4. The zero-order valence-corrected chi connectivity index (χ0v) is 17.4. The molecular weight excluding hydrogens is 382 g/mol. The number of piperazine rings is 1. The number of anilines is 1. The Morgan fingerprint density at radius 2 is 1.83 bits per heavy atom. The van der Waals surface area contributed by atoms with Gasteiger partial charge in [0.2, 0.25) is 6.10 Å². The number of hydrogen-bond acceptors (Lipinski definition) is 4. The lowest BCUT2D eigenvalue weighted by Crippen LogP contribution is -3.15. The van der Waals surface area contributed by atoms with Gasteiger partial charge in [-0.3, -0.25) is 9.59 Å². The van der Waals surface area contributed by atoms with Crippen molar-refractivity contribution in [2.75, 3.05) is 44.6 Å². The molecule has 0 bridgehead atoms. The molecule has 0 spiro atoms. The average molecular weight is 410 g/mol. The zero-order valence-electron chi connectivity index (χ0n) is 17.4. The van der Waals surface area contributed by atoms with Crippen LogP contribution in [-0.2, 0) is 9.59 Å². The molecule has 2 aromatic rings. The van der Waals surface area contributed by atoms with E-state index < -0.39 is 6.10 Å². The van der Waals surface area contributed by atoms with Crippen molar-refractivity contribution in [1.82, 2.24) is 4.90 Å². The molecule has 1 fully saturated rings. The first-order valence-corrected chi connectivity index (χ1v) is 10.4. The summed E-state index contributed by atoms with van der Waals surface area (Å²) < 4.78 is 11.5. The second-order valence-electron chi connectivity index (χ2n) is 7.98.